The summed E-state index contributed by atoms with van der Waals surface area (Å²) in [4.78, 5) is 26.5. The molecule has 2 atom stereocenters. The third-order valence-electron chi connectivity index (χ3n) is 4.38. The van der Waals surface area contributed by atoms with Crippen molar-refractivity contribution in [2.45, 2.75) is 38.8 Å². The zero-order valence-corrected chi connectivity index (χ0v) is 15.6. The fourth-order valence-corrected chi connectivity index (χ4v) is 4.03. The lowest BCUT2D eigenvalue weighted by molar-refractivity contribution is -0.133. The SMILES string of the molecule is CNS(=O)(=O)CC1CCCN1C(=O)C(C)NC(=O)c1cccc(C)c1. The Hall–Kier alpha value is -1.93. The van der Waals surface area contributed by atoms with Crippen LogP contribution < -0.4 is 10.0 Å². The molecule has 1 aliphatic heterocycles. The Bertz CT molecular complexity index is 748. The Kier molecular flexibility index (Phi) is 6.18. The molecule has 2 unspecified atom stereocenters. The van der Waals surface area contributed by atoms with Crippen LogP contribution in [0.15, 0.2) is 24.3 Å². The summed E-state index contributed by atoms with van der Waals surface area (Å²) in [7, 11) is -2.03. The van der Waals surface area contributed by atoms with Gasteiger partial charge in [0.05, 0.1) is 5.75 Å². The Morgan fingerprint density at radius 1 is 1.36 bits per heavy atom. The Morgan fingerprint density at radius 3 is 2.72 bits per heavy atom. The normalized spacial score (nSPS) is 18.8. The lowest BCUT2D eigenvalue weighted by Crippen LogP contribution is -2.50. The van der Waals surface area contributed by atoms with E-state index in [1.54, 1.807) is 30.0 Å². The number of hydrogen-bond donors (Lipinski definition) is 2. The van der Waals surface area contributed by atoms with E-state index < -0.39 is 16.1 Å². The number of carbonyl (C=O) groups excluding carboxylic acids is 2. The summed E-state index contributed by atoms with van der Waals surface area (Å²) in [5, 5.41) is 2.70. The molecule has 7 nitrogen and oxygen atoms in total. The minimum atomic E-state index is -3.40. The zero-order chi connectivity index (χ0) is 18.6. The third-order valence-corrected chi connectivity index (χ3v) is 5.83. The largest absolute Gasteiger partial charge is 0.341 e. The molecule has 2 N–H and O–H groups in total. The summed E-state index contributed by atoms with van der Waals surface area (Å²) in [6, 6.07) is 6.05. The van der Waals surface area contributed by atoms with E-state index in [4.69, 9.17) is 0 Å². The average molecular weight is 367 g/mol. The minimum absolute atomic E-state index is 0.117. The standard InChI is InChI=1S/C17H25N3O4S/c1-12-6-4-7-14(10-12)16(21)19-13(2)17(22)20-9-5-8-15(20)11-25(23,24)18-3/h4,6-7,10,13,15,18H,5,8-9,11H2,1-3H3,(H,19,21). The first-order valence-corrected chi connectivity index (χ1v) is 9.98. The molecular formula is C17H25N3O4S. The van der Waals surface area contributed by atoms with Crippen LogP contribution in [0.25, 0.3) is 0 Å². The van der Waals surface area contributed by atoms with Gasteiger partial charge in [0.2, 0.25) is 15.9 Å². The molecule has 138 valence electrons. The van der Waals surface area contributed by atoms with Crippen molar-refractivity contribution in [1.82, 2.24) is 14.9 Å². The quantitative estimate of drug-likeness (QED) is 0.772. The molecule has 1 aromatic rings. The van der Waals surface area contributed by atoms with Crippen molar-refractivity contribution in [3.05, 3.63) is 35.4 Å². The molecule has 8 heteroatoms. The number of carbonyl (C=O) groups is 2. The molecule has 0 spiro atoms. The number of amides is 2. The van der Waals surface area contributed by atoms with Crippen LogP contribution in [0.4, 0.5) is 0 Å². The van der Waals surface area contributed by atoms with E-state index in [2.05, 4.69) is 10.0 Å². The van der Waals surface area contributed by atoms with Crippen molar-refractivity contribution < 1.29 is 18.0 Å². The van der Waals surface area contributed by atoms with Gasteiger partial charge in [-0.05, 0) is 45.9 Å². The highest BCUT2D eigenvalue weighted by Crippen LogP contribution is 2.19. The lowest BCUT2D eigenvalue weighted by atomic mass is 10.1. The first-order chi connectivity index (χ1) is 11.7. The monoisotopic (exact) mass is 367 g/mol. The van der Waals surface area contributed by atoms with Crippen molar-refractivity contribution in [1.29, 1.82) is 0 Å². The molecule has 0 bridgehead atoms. The smallest absolute Gasteiger partial charge is 0.251 e. The summed E-state index contributed by atoms with van der Waals surface area (Å²) >= 11 is 0. The second-order valence-corrected chi connectivity index (χ2v) is 8.35. The molecule has 1 fully saturated rings. The van der Waals surface area contributed by atoms with Crippen molar-refractivity contribution in [2.24, 2.45) is 0 Å². The predicted molar refractivity (Wildman–Crippen MR) is 95.7 cm³/mol. The van der Waals surface area contributed by atoms with E-state index >= 15 is 0 Å². The second kappa shape index (κ2) is 7.97. The van der Waals surface area contributed by atoms with Crippen LogP contribution >= 0.6 is 0 Å². The number of hydrogen-bond acceptors (Lipinski definition) is 4. The van der Waals surface area contributed by atoms with Gasteiger partial charge in [0.15, 0.2) is 0 Å². The van der Waals surface area contributed by atoms with Gasteiger partial charge in [0.25, 0.3) is 5.91 Å². The molecule has 1 heterocycles. The number of aryl methyl sites for hydroxylation is 1. The zero-order valence-electron chi connectivity index (χ0n) is 14.8. The molecule has 1 aromatic carbocycles. The van der Waals surface area contributed by atoms with Crippen molar-refractivity contribution in [3.8, 4) is 0 Å². The first kappa shape index (κ1) is 19.4. The number of benzene rings is 1. The van der Waals surface area contributed by atoms with Crippen LogP contribution in [0.5, 0.6) is 0 Å². The van der Waals surface area contributed by atoms with Crippen LogP contribution in [-0.4, -0.2) is 56.6 Å². The van der Waals surface area contributed by atoms with Crippen molar-refractivity contribution >= 4 is 21.8 Å². The van der Waals surface area contributed by atoms with Crippen molar-refractivity contribution in [3.63, 3.8) is 0 Å². The maximum Gasteiger partial charge on any atom is 0.251 e. The lowest BCUT2D eigenvalue weighted by Gasteiger charge is -2.27. The topological polar surface area (TPSA) is 95.6 Å². The van der Waals surface area contributed by atoms with Gasteiger partial charge in [-0.25, -0.2) is 13.1 Å². The van der Waals surface area contributed by atoms with Crippen LogP contribution in [0.2, 0.25) is 0 Å². The van der Waals surface area contributed by atoms with Crippen molar-refractivity contribution in [2.75, 3.05) is 19.3 Å². The Morgan fingerprint density at radius 2 is 2.08 bits per heavy atom. The average Bonchev–Trinajstić information content (AvgIpc) is 3.01. The first-order valence-electron chi connectivity index (χ1n) is 8.32. The fraction of sp³-hybridized carbons (Fsp3) is 0.529. The predicted octanol–water partition coefficient (Wildman–Crippen LogP) is 0.654. The number of rotatable bonds is 6. The highest BCUT2D eigenvalue weighted by atomic mass is 32.2. The Labute approximate surface area is 148 Å². The molecule has 0 radical (unpaired) electrons. The molecule has 25 heavy (non-hydrogen) atoms. The molecule has 1 saturated heterocycles. The molecule has 0 saturated carbocycles. The van der Waals surface area contributed by atoms with Crippen LogP contribution in [-0.2, 0) is 14.8 Å². The molecule has 1 aliphatic rings. The summed E-state index contributed by atoms with van der Waals surface area (Å²) in [6.07, 6.45) is 1.40. The maximum absolute atomic E-state index is 12.7. The van der Waals surface area contributed by atoms with Gasteiger partial charge in [-0.1, -0.05) is 17.7 Å². The highest BCUT2D eigenvalue weighted by Gasteiger charge is 2.34. The number of sulfonamides is 1. The summed E-state index contributed by atoms with van der Waals surface area (Å²) in [6.45, 7) is 4.02. The van der Waals surface area contributed by atoms with Crippen LogP contribution in [0.1, 0.15) is 35.7 Å². The molecule has 2 rings (SSSR count). The van der Waals surface area contributed by atoms with Gasteiger partial charge in [-0.3, -0.25) is 9.59 Å². The number of likely N-dealkylation sites (tertiary alicyclic amines) is 1. The summed E-state index contributed by atoms with van der Waals surface area (Å²) < 4.78 is 25.8. The van der Waals surface area contributed by atoms with E-state index in [0.29, 0.717) is 18.5 Å². The van der Waals surface area contributed by atoms with Gasteiger partial charge in [0.1, 0.15) is 6.04 Å². The maximum atomic E-state index is 12.7. The molecular weight excluding hydrogens is 342 g/mol. The summed E-state index contributed by atoms with van der Waals surface area (Å²) in [5.74, 6) is -0.689. The van der Waals surface area contributed by atoms with Gasteiger partial charge in [0, 0.05) is 18.2 Å². The molecule has 0 aliphatic carbocycles. The Balaban J connectivity index is 2.02. The van der Waals surface area contributed by atoms with E-state index in [9.17, 15) is 18.0 Å². The van der Waals surface area contributed by atoms with Gasteiger partial charge in [-0.2, -0.15) is 0 Å². The van der Waals surface area contributed by atoms with E-state index in [-0.39, 0.29) is 23.6 Å². The third kappa shape index (κ3) is 5.02. The summed E-state index contributed by atoms with van der Waals surface area (Å²) in [5.41, 5.74) is 1.46. The van der Waals surface area contributed by atoms with Crippen LogP contribution in [0, 0.1) is 6.92 Å². The molecule has 2 amide bonds. The van der Waals surface area contributed by atoms with E-state index in [1.165, 1.54) is 7.05 Å². The molecule has 0 aromatic heterocycles. The fourth-order valence-electron chi connectivity index (χ4n) is 3.01. The van der Waals surface area contributed by atoms with Crippen LogP contribution in [0.3, 0.4) is 0 Å². The van der Waals surface area contributed by atoms with Gasteiger partial charge >= 0.3 is 0 Å². The minimum Gasteiger partial charge on any atom is -0.341 e. The number of nitrogens with one attached hydrogen (secondary N) is 2. The van der Waals surface area contributed by atoms with E-state index in [0.717, 1.165) is 12.0 Å². The second-order valence-electron chi connectivity index (χ2n) is 6.38. The van der Waals surface area contributed by atoms with Gasteiger partial charge in [-0.15, -0.1) is 0 Å². The highest BCUT2D eigenvalue weighted by molar-refractivity contribution is 7.89. The number of nitrogens with zero attached hydrogens (tertiary/aromatic N) is 1. The van der Waals surface area contributed by atoms with Gasteiger partial charge < -0.3 is 10.2 Å². The van der Waals surface area contributed by atoms with E-state index in [1.807, 2.05) is 13.0 Å².